The van der Waals surface area contributed by atoms with Crippen LogP contribution >= 0.6 is 0 Å². The van der Waals surface area contributed by atoms with Crippen LogP contribution in [0.4, 0.5) is 0 Å². The van der Waals surface area contributed by atoms with E-state index in [1.165, 1.54) is 0 Å². The largest absolute Gasteiger partial charge is 0.508 e. The first kappa shape index (κ1) is 23.1. The summed E-state index contributed by atoms with van der Waals surface area (Å²) in [6, 6.07) is 7.14. The quantitative estimate of drug-likeness (QED) is 0.547. The third-order valence-electron chi connectivity index (χ3n) is 2.67. The van der Waals surface area contributed by atoms with Gasteiger partial charge >= 0.3 is 0 Å². The van der Waals surface area contributed by atoms with Crippen LogP contribution in [0.2, 0.25) is 0 Å². The molecule has 0 spiro atoms. The number of aliphatic imine (C=N–C) groups is 1. The van der Waals surface area contributed by atoms with Crippen LogP contribution in [0.3, 0.4) is 0 Å². The maximum atomic E-state index is 9.70. The van der Waals surface area contributed by atoms with E-state index in [-0.39, 0.29) is 11.8 Å². The number of aromatic hydroxyl groups is 1. The molecule has 1 rings (SSSR count). The molecule has 3 heteroatoms. The third-order valence-corrected chi connectivity index (χ3v) is 2.67. The van der Waals surface area contributed by atoms with E-state index in [0.29, 0.717) is 12.8 Å². The Morgan fingerprint density at radius 3 is 2.35 bits per heavy atom. The van der Waals surface area contributed by atoms with E-state index >= 15 is 0 Å². The molecule has 0 aliphatic carbocycles. The lowest BCUT2D eigenvalue weighted by Crippen LogP contribution is -2.23. The van der Waals surface area contributed by atoms with Gasteiger partial charge in [0.15, 0.2) is 0 Å². The maximum Gasteiger partial charge on any atom is 0.118 e. The lowest BCUT2D eigenvalue weighted by atomic mass is 9.99. The van der Waals surface area contributed by atoms with Crippen molar-refractivity contribution in [2.75, 3.05) is 0 Å². The number of benzene rings is 1. The van der Waals surface area contributed by atoms with Gasteiger partial charge in [-0.2, -0.15) is 0 Å². The van der Waals surface area contributed by atoms with E-state index in [1.54, 1.807) is 36.7 Å². The lowest BCUT2D eigenvalue weighted by Gasteiger charge is -2.12. The number of para-hydroxylation sites is 1. The number of phenolic OH excluding ortho intramolecular Hbond substituents is 1. The fourth-order valence-corrected chi connectivity index (χ4v) is 1.73. The number of rotatable bonds is 7. The van der Waals surface area contributed by atoms with Gasteiger partial charge in [0.05, 0.1) is 0 Å². The summed E-state index contributed by atoms with van der Waals surface area (Å²) in [7, 11) is 0. The zero-order valence-electron chi connectivity index (χ0n) is 15.0. The molecule has 128 valence electrons. The molecule has 0 aliphatic heterocycles. The minimum Gasteiger partial charge on any atom is -0.508 e. The Hall–Kier alpha value is -2.13. The van der Waals surface area contributed by atoms with Gasteiger partial charge < -0.3 is 10.8 Å². The van der Waals surface area contributed by atoms with Crippen molar-refractivity contribution in [3.8, 4) is 5.75 Å². The van der Waals surface area contributed by atoms with Crippen LogP contribution in [-0.4, -0.2) is 17.4 Å². The standard InChI is InChI=1S/C16H20N2O.2C2H6/c1-3-9-18-12-13(4-2)10-15(17)11-14-7-5-6-8-16(14)19;2*1-2/h3-9,12,15,19H,1-2,10-11,17H2;2*1-2H3/b13-12+,18-9?;;. The second-order valence-corrected chi connectivity index (χ2v) is 4.24. The molecule has 23 heavy (non-hydrogen) atoms. The summed E-state index contributed by atoms with van der Waals surface area (Å²) in [6.07, 6.45) is 7.96. The van der Waals surface area contributed by atoms with Gasteiger partial charge in [0, 0.05) is 18.5 Å². The molecule has 3 nitrogen and oxygen atoms in total. The lowest BCUT2D eigenvalue weighted by molar-refractivity contribution is 0.464. The first-order chi connectivity index (χ1) is 11.2. The number of hydrogen-bond acceptors (Lipinski definition) is 3. The molecule has 0 radical (unpaired) electrons. The first-order valence-corrected chi connectivity index (χ1v) is 8.15. The monoisotopic (exact) mass is 316 g/mol. The average Bonchev–Trinajstić information content (AvgIpc) is 2.60. The molecule has 1 unspecified atom stereocenters. The van der Waals surface area contributed by atoms with Crippen LogP contribution in [0.25, 0.3) is 0 Å². The maximum absolute atomic E-state index is 9.70. The Kier molecular flexibility index (Phi) is 16.3. The smallest absolute Gasteiger partial charge is 0.118 e. The SMILES string of the molecule is C=CC=N/C=C(\C=C)CC(N)Cc1ccccc1O.CC.CC. The predicted molar refractivity (Wildman–Crippen MR) is 104 cm³/mol. The fourth-order valence-electron chi connectivity index (χ4n) is 1.73. The minimum absolute atomic E-state index is 0.0866. The molecule has 0 heterocycles. The summed E-state index contributed by atoms with van der Waals surface area (Å²) in [5.41, 5.74) is 7.90. The number of phenols is 1. The summed E-state index contributed by atoms with van der Waals surface area (Å²) in [4.78, 5) is 4.06. The topological polar surface area (TPSA) is 58.6 Å². The molecule has 1 atom stereocenters. The van der Waals surface area contributed by atoms with Crippen LogP contribution in [0.15, 0.2) is 66.3 Å². The van der Waals surface area contributed by atoms with Crippen molar-refractivity contribution < 1.29 is 5.11 Å². The van der Waals surface area contributed by atoms with Crippen LogP contribution in [0.5, 0.6) is 5.75 Å². The Morgan fingerprint density at radius 2 is 1.83 bits per heavy atom. The van der Waals surface area contributed by atoms with Crippen LogP contribution in [0, 0.1) is 0 Å². The van der Waals surface area contributed by atoms with Gasteiger partial charge in [-0.25, -0.2) is 0 Å². The molecular weight excluding hydrogens is 284 g/mol. The number of nitrogens with two attached hydrogens (primary N) is 1. The molecule has 0 saturated heterocycles. The van der Waals surface area contributed by atoms with Crippen LogP contribution < -0.4 is 5.73 Å². The van der Waals surface area contributed by atoms with Gasteiger partial charge in [-0.3, -0.25) is 4.99 Å². The van der Waals surface area contributed by atoms with Gasteiger partial charge in [0.25, 0.3) is 0 Å². The van der Waals surface area contributed by atoms with Gasteiger partial charge in [-0.05, 0) is 30.0 Å². The highest BCUT2D eigenvalue weighted by molar-refractivity contribution is 5.70. The van der Waals surface area contributed by atoms with Crippen LogP contribution in [0.1, 0.15) is 39.7 Å². The predicted octanol–water partition coefficient (Wildman–Crippen LogP) is 5.03. The second-order valence-electron chi connectivity index (χ2n) is 4.24. The minimum atomic E-state index is -0.0866. The average molecular weight is 316 g/mol. The van der Waals surface area contributed by atoms with Crippen molar-refractivity contribution in [3.05, 3.63) is 66.9 Å². The van der Waals surface area contributed by atoms with E-state index in [2.05, 4.69) is 18.2 Å². The zero-order chi connectivity index (χ0) is 18.1. The van der Waals surface area contributed by atoms with Gasteiger partial charge in [-0.1, -0.05) is 71.2 Å². The first-order valence-electron chi connectivity index (χ1n) is 8.15. The normalized spacial score (nSPS) is 11.6. The van der Waals surface area contributed by atoms with Crippen molar-refractivity contribution in [2.45, 2.75) is 46.6 Å². The molecule has 1 aromatic rings. The highest BCUT2D eigenvalue weighted by atomic mass is 16.3. The van der Waals surface area contributed by atoms with Crippen molar-refractivity contribution in [2.24, 2.45) is 10.7 Å². The van der Waals surface area contributed by atoms with Gasteiger partial charge in [0.1, 0.15) is 5.75 Å². The van der Waals surface area contributed by atoms with E-state index < -0.39 is 0 Å². The Morgan fingerprint density at radius 1 is 1.22 bits per heavy atom. The summed E-state index contributed by atoms with van der Waals surface area (Å²) in [6.45, 7) is 15.3. The number of nitrogens with zero attached hydrogens (tertiary/aromatic N) is 1. The van der Waals surface area contributed by atoms with Crippen molar-refractivity contribution in [1.82, 2.24) is 0 Å². The molecule has 3 N–H and O–H groups in total. The molecule has 1 aromatic carbocycles. The van der Waals surface area contributed by atoms with Crippen molar-refractivity contribution in [1.29, 1.82) is 0 Å². The Bertz CT molecular complexity index is 490. The van der Waals surface area contributed by atoms with Gasteiger partial charge in [-0.15, -0.1) is 0 Å². The van der Waals surface area contributed by atoms with Crippen molar-refractivity contribution in [3.63, 3.8) is 0 Å². The van der Waals surface area contributed by atoms with E-state index in [1.807, 2.05) is 39.8 Å². The number of allylic oxidation sites excluding steroid dienone is 2. The summed E-state index contributed by atoms with van der Waals surface area (Å²) < 4.78 is 0. The van der Waals surface area contributed by atoms with E-state index in [9.17, 15) is 5.11 Å². The Labute approximate surface area is 142 Å². The Balaban J connectivity index is 0. The summed E-state index contributed by atoms with van der Waals surface area (Å²) in [5.74, 6) is 0.284. The van der Waals surface area contributed by atoms with E-state index in [0.717, 1.165) is 11.1 Å². The molecule has 0 bridgehead atoms. The third kappa shape index (κ3) is 11.1. The molecule has 0 aliphatic rings. The second kappa shape index (κ2) is 16.2. The number of hydrogen-bond donors (Lipinski definition) is 2. The molecule has 0 aromatic heterocycles. The van der Waals surface area contributed by atoms with E-state index in [4.69, 9.17) is 5.73 Å². The summed E-state index contributed by atoms with van der Waals surface area (Å²) in [5, 5.41) is 9.70. The zero-order valence-corrected chi connectivity index (χ0v) is 15.0. The molecular formula is C20H32N2O. The summed E-state index contributed by atoms with van der Waals surface area (Å²) >= 11 is 0. The fraction of sp³-hybridized carbons (Fsp3) is 0.350. The molecule has 0 amide bonds. The van der Waals surface area contributed by atoms with Crippen LogP contribution in [-0.2, 0) is 6.42 Å². The highest BCUT2D eigenvalue weighted by Gasteiger charge is 2.08. The highest BCUT2D eigenvalue weighted by Crippen LogP contribution is 2.19. The molecule has 0 fully saturated rings. The van der Waals surface area contributed by atoms with Crippen molar-refractivity contribution >= 4 is 6.21 Å². The molecule has 0 saturated carbocycles. The van der Waals surface area contributed by atoms with Gasteiger partial charge in [0.2, 0.25) is 0 Å².